The van der Waals surface area contributed by atoms with Crippen molar-refractivity contribution in [2.24, 2.45) is 0 Å². The zero-order chi connectivity index (χ0) is 20.9. The number of carboxylic acid groups (broad SMARTS) is 1. The van der Waals surface area contributed by atoms with Crippen LogP contribution in [0.2, 0.25) is 0 Å². The summed E-state index contributed by atoms with van der Waals surface area (Å²) in [5.74, 6) is -0.156. The standard InChI is InChI=1S/C23H18N2O5/c1-28-19-12-9-17(13-24-19)20-21(30-22(25-20)23(26)27)16-7-10-18(11-8-16)29-14-15-5-3-2-4-6-15/h2-13H,14H2,1H3,(H,26,27). The fourth-order valence-corrected chi connectivity index (χ4v) is 2.89. The molecule has 0 aliphatic carbocycles. The maximum absolute atomic E-state index is 11.4. The number of hydrogen-bond acceptors (Lipinski definition) is 6. The molecule has 0 aliphatic heterocycles. The molecule has 7 nitrogen and oxygen atoms in total. The molecule has 2 aromatic heterocycles. The Kier molecular flexibility index (Phi) is 5.43. The zero-order valence-electron chi connectivity index (χ0n) is 16.1. The number of benzene rings is 2. The van der Waals surface area contributed by atoms with Crippen molar-refractivity contribution in [3.8, 4) is 34.2 Å². The van der Waals surface area contributed by atoms with Crippen molar-refractivity contribution in [3.63, 3.8) is 0 Å². The largest absolute Gasteiger partial charge is 0.489 e. The first kappa shape index (κ1) is 19.2. The number of pyridine rings is 1. The predicted octanol–water partition coefficient (Wildman–Crippen LogP) is 4.69. The van der Waals surface area contributed by atoms with Crippen molar-refractivity contribution >= 4 is 5.97 Å². The Hall–Kier alpha value is -4.13. The van der Waals surface area contributed by atoms with E-state index in [1.54, 1.807) is 42.6 Å². The van der Waals surface area contributed by atoms with Gasteiger partial charge >= 0.3 is 11.9 Å². The summed E-state index contributed by atoms with van der Waals surface area (Å²) in [5.41, 5.74) is 2.75. The summed E-state index contributed by atoms with van der Waals surface area (Å²) in [5, 5.41) is 9.31. The van der Waals surface area contributed by atoms with Crippen LogP contribution >= 0.6 is 0 Å². The second-order valence-corrected chi connectivity index (χ2v) is 6.39. The number of ether oxygens (including phenoxy) is 2. The highest BCUT2D eigenvalue weighted by molar-refractivity contribution is 5.86. The average molecular weight is 402 g/mol. The summed E-state index contributed by atoms with van der Waals surface area (Å²) in [7, 11) is 1.52. The van der Waals surface area contributed by atoms with Crippen molar-refractivity contribution in [1.29, 1.82) is 0 Å². The predicted molar refractivity (Wildman–Crippen MR) is 109 cm³/mol. The molecular weight excluding hydrogens is 384 g/mol. The van der Waals surface area contributed by atoms with E-state index in [-0.39, 0.29) is 5.89 Å². The Morgan fingerprint density at radius 3 is 2.37 bits per heavy atom. The second-order valence-electron chi connectivity index (χ2n) is 6.39. The van der Waals surface area contributed by atoms with E-state index in [0.717, 1.165) is 5.56 Å². The van der Waals surface area contributed by atoms with E-state index >= 15 is 0 Å². The molecule has 0 aliphatic rings. The van der Waals surface area contributed by atoms with Gasteiger partial charge in [-0.2, -0.15) is 0 Å². The summed E-state index contributed by atoms with van der Waals surface area (Å²) >= 11 is 0. The van der Waals surface area contributed by atoms with Crippen LogP contribution in [-0.2, 0) is 6.61 Å². The molecule has 0 spiro atoms. The maximum atomic E-state index is 11.4. The minimum Gasteiger partial charge on any atom is -0.489 e. The summed E-state index contributed by atoms with van der Waals surface area (Å²) in [6.07, 6.45) is 1.56. The lowest BCUT2D eigenvalue weighted by atomic mass is 10.1. The molecule has 4 rings (SSSR count). The molecule has 0 atom stereocenters. The first-order chi connectivity index (χ1) is 14.6. The molecule has 0 fully saturated rings. The van der Waals surface area contributed by atoms with Crippen molar-refractivity contribution < 1.29 is 23.8 Å². The van der Waals surface area contributed by atoms with Gasteiger partial charge in [0, 0.05) is 23.4 Å². The molecule has 150 valence electrons. The van der Waals surface area contributed by atoms with E-state index in [9.17, 15) is 9.90 Å². The normalized spacial score (nSPS) is 10.6. The summed E-state index contributed by atoms with van der Waals surface area (Å²) in [4.78, 5) is 19.7. The van der Waals surface area contributed by atoms with Gasteiger partial charge in [-0.15, -0.1) is 0 Å². The van der Waals surface area contributed by atoms with Crippen LogP contribution in [-0.4, -0.2) is 28.2 Å². The molecular formula is C23H18N2O5. The van der Waals surface area contributed by atoms with Crippen molar-refractivity contribution in [2.75, 3.05) is 7.11 Å². The number of oxazole rings is 1. The first-order valence-corrected chi connectivity index (χ1v) is 9.16. The van der Waals surface area contributed by atoms with Crippen LogP contribution in [0.4, 0.5) is 0 Å². The fourth-order valence-electron chi connectivity index (χ4n) is 2.89. The molecule has 0 amide bonds. The van der Waals surface area contributed by atoms with Crippen LogP contribution in [0.15, 0.2) is 77.3 Å². The first-order valence-electron chi connectivity index (χ1n) is 9.16. The lowest BCUT2D eigenvalue weighted by molar-refractivity contribution is 0.0654. The van der Waals surface area contributed by atoms with Gasteiger partial charge in [-0.3, -0.25) is 0 Å². The van der Waals surface area contributed by atoms with Crippen molar-refractivity contribution in [2.45, 2.75) is 6.61 Å². The second kappa shape index (κ2) is 8.48. The SMILES string of the molecule is COc1ccc(-c2nc(C(=O)O)oc2-c2ccc(OCc3ccccc3)cc2)cn1. The maximum Gasteiger partial charge on any atom is 0.392 e. The average Bonchev–Trinajstić information content (AvgIpc) is 3.25. The Labute approximate surface area is 172 Å². The summed E-state index contributed by atoms with van der Waals surface area (Å²) < 4.78 is 16.4. The molecule has 0 radical (unpaired) electrons. The Balaban J connectivity index is 1.61. The molecule has 0 unspecified atom stereocenters. The Morgan fingerprint density at radius 1 is 1.00 bits per heavy atom. The topological polar surface area (TPSA) is 94.7 Å². The fraction of sp³-hybridized carbons (Fsp3) is 0.0870. The zero-order valence-corrected chi connectivity index (χ0v) is 16.1. The summed E-state index contributed by atoms with van der Waals surface area (Å²) in [6, 6.07) is 20.5. The molecule has 0 saturated heterocycles. The van der Waals surface area contributed by atoms with E-state index in [0.29, 0.717) is 40.8 Å². The number of hydrogen-bond donors (Lipinski definition) is 1. The van der Waals surface area contributed by atoms with Gasteiger partial charge < -0.3 is 19.0 Å². The Morgan fingerprint density at radius 2 is 1.73 bits per heavy atom. The van der Waals surface area contributed by atoms with E-state index in [4.69, 9.17) is 13.9 Å². The molecule has 2 aromatic carbocycles. The van der Waals surface area contributed by atoms with Gasteiger partial charge in [0.15, 0.2) is 5.76 Å². The lowest BCUT2D eigenvalue weighted by Crippen LogP contribution is -1.95. The van der Waals surface area contributed by atoms with Gasteiger partial charge in [0.05, 0.1) is 7.11 Å². The number of nitrogens with zero attached hydrogens (tertiary/aromatic N) is 2. The smallest absolute Gasteiger partial charge is 0.392 e. The van der Waals surface area contributed by atoms with Crippen molar-refractivity contribution in [3.05, 3.63) is 84.4 Å². The molecule has 30 heavy (non-hydrogen) atoms. The Bertz CT molecular complexity index is 1140. The number of aromatic carboxylic acids is 1. The van der Waals surface area contributed by atoms with Gasteiger partial charge in [0.25, 0.3) is 0 Å². The van der Waals surface area contributed by atoms with Crippen LogP contribution in [0.5, 0.6) is 11.6 Å². The number of aromatic nitrogens is 2. The van der Waals surface area contributed by atoms with Gasteiger partial charge in [-0.1, -0.05) is 30.3 Å². The van der Waals surface area contributed by atoms with E-state index < -0.39 is 5.97 Å². The van der Waals surface area contributed by atoms with Crippen LogP contribution < -0.4 is 9.47 Å². The number of carboxylic acids is 1. The third kappa shape index (κ3) is 4.15. The third-order valence-corrected chi connectivity index (χ3v) is 4.39. The van der Waals surface area contributed by atoms with Gasteiger partial charge in [-0.25, -0.2) is 14.8 Å². The van der Waals surface area contributed by atoms with E-state index in [1.165, 1.54) is 7.11 Å². The molecule has 2 heterocycles. The minimum absolute atomic E-state index is 0.342. The van der Waals surface area contributed by atoms with E-state index in [1.807, 2.05) is 30.3 Å². The monoisotopic (exact) mass is 402 g/mol. The molecule has 4 aromatic rings. The van der Waals surface area contributed by atoms with Crippen LogP contribution in [0.25, 0.3) is 22.6 Å². The number of rotatable bonds is 7. The molecule has 0 bridgehead atoms. The molecule has 1 N–H and O–H groups in total. The highest BCUT2D eigenvalue weighted by Crippen LogP contribution is 2.34. The van der Waals surface area contributed by atoms with Crippen LogP contribution in [0.1, 0.15) is 16.2 Å². The molecule has 7 heteroatoms. The highest BCUT2D eigenvalue weighted by atomic mass is 16.5. The van der Waals surface area contributed by atoms with Crippen molar-refractivity contribution in [1.82, 2.24) is 9.97 Å². The third-order valence-electron chi connectivity index (χ3n) is 4.39. The molecule has 0 saturated carbocycles. The minimum atomic E-state index is -1.24. The van der Waals surface area contributed by atoms with Crippen LogP contribution in [0.3, 0.4) is 0 Å². The number of carbonyl (C=O) groups is 1. The van der Waals surface area contributed by atoms with Gasteiger partial charge in [0.2, 0.25) is 5.88 Å². The van der Waals surface area contributed by atoms with Crippen LogP contribution in [0, 0.1) is 0 Å². The quantitative estimate of drug-likeness (QED) is 0.479. The van der Waals surface area contributed by atoms with E-state index in [2.05, 4.69) is 9.97 Å². The highest BCUT2D eigenvalue weighted by Gasteiger charge is 2.21. The summed E-state index contributed by atoms with van der Waals surface area (Å²) in [6.45, 7) is 0.453. The van der Waals surface area contributed by atoms with Gasteiger partial charge in [0.1, 0.15) is 18.1 Å². The van der Waals surface area contributed by atoms with Gasteiger partial charge in [-0.05, 0) is 35.9 Å². The number of methoxy groups -OCH3 is 1. The lowest BCUT2D eigenvalue weighted by Gasteiger charge is -2.07.